The molecule has 2 rings (SSSR count). The molecule has 1 aromatic carbocycles. The lowest BCUT2D eigenvalue weighted by Gasteiger charge is -2.09. The summed E-state index contributed by atoms with van der Waals surface area (Å²) in [6, 6.07) is 9.49. The lowest BCUT2D eigenvalue weighted by molar-refractivity contribution is -0.140. The van der Waals surface area contributed by atoms with Crippen molar-refractivity contribution >= 4 is 24.1 Å². The SMILES string of the molecule is COC(=O)CCCCCNC(=O)c1c[nH]c(=S)n1-c1ccccc1. The predicted octanol–water partition coefficient (Wildman–Crippen LogP) is 3.00. The van der Waals surface area contributed by atoms with Crippen molar-refractivity contribution in [3.63, 3.8) is 0 Å². The van der Waals surface area contributed by atoms with Gasteiger partial charge in [-0.1, -0.05) is 24.6 Å². The largest absolute Gasteiger partial charge is 0.469 e. The van der Waals surface area contributed by atoms with E-state index in [9.17, 15) is 9.59 Å². The van der Waals surface area contributed by atoms with E-state index in [1.165, 1.54) is 7.11 Å². The van der Waals surface area contributed by atoms with E-state index in [4.69, 9.17) is 12.2 Å². The molecule has 0 fully saturated rings. The monoisotopic (exact) mass is 347 g/mol. The molecule has 7 heteroatoms. The molecule has 2 aromatic rings. The molecule has 1 heterocycles. The molecule has 24 heavy (non-hydrogen) atoms. The first-order valence-corrected chi connectivity index (χ1v) is 8.25. The molecule has 0 aliphatic rings. The molecule has 6 nitrogen and oxygen atoms in total. The molecule has 0 saturated heterocycles. The zero-order chi connectivity index (χ0) is 17.4. The standard InChI is InChI=1S/C17H21N3O3S/c1-23-15(21)10-6-3-7-11-18-16(22)14-12-19-17(24)20(14)13-8-4-2-5-9-13/h2,4-5,8-9,12H,3,6-7,10-11H2,1H3,(H,18,22)(H,19,24). The molecule has 2 N–H and O–H groups in total. The van der Waals surface area contributed by atoms with Crippen LogP contribution in [-0.2, 0) is 9.53 Å². The maximum atomic E-state index is 12.4. The van der Waals surface area contributed by atoms with Gasteiger partial charge in [0.1, 0.15) is 5.69 Å². The molecule has 0 unspecified atom stereocenters. The zero-order valence-corrected chi connectivity index (χ0v) is 14.4. The summed E-state index contributed by atoms with van der Waals surface area (Å²) in [5, 5.41) is 2.88. The number of rotatable bonds is 8. The van der Waals surface area contributed by atoms with Crippen molar-refractivity contribution in [2.45, 2.75) is 25.7 Å². The van der Waals surface area contributed by atoms with Gasteiger partial charge in [-0.2, -0.15) is 0 Å². The highest BCUT2D eigenvalue weighted by Crippen LogP contribution is 2.12. The average Bonchev–Trinajstić information content (AvgIpc) is 2.99. The molecular weight excluding hydrogens is 326 g/mol. The normalized spacial score (nSPS) is 10.4. The number of nitrogens with one attached hydrogen (secondary N) is 2. The van der Waals surface area contributed by atoms with Gasteiger partial charge in [-0.05, 0) is 37.2 Å². The molecule has 0 saturated carbocycles. The average molecular weight is 347 g/mol. The summed E-state index contributed by atoms with van der Waals surface area (Å²) in [6.07, 6.45) is 4.44. The second-order valence-corrected chi connectivity index (χ2v) is 5.68. The van der Waals surface area contributed by atoms with Gasteiger partial charge in [0.2, 0.25) is 0 Å². The number of nitrogens with zero attached hydrogens (tertiary/aromatic N) is 1. The van der Waals surface area contributed by atoms with Crippen LogP contribution in [0, 0.1) is 4.77 Å². The summed E-state index contributed by atoms with van der Waals surface area (Å²) in [7, 11) is 1.38. The Hall–Kier alpha value is -2.41. The molecule has 128 valence electrons. The van der Waals surface area contributed by atoms with Crippen LogP contribution in [-0.4, -0.2) is 35.1 Å². The number of unbranched alkanes of at least 4 members (excludes halogenated alkanes) is 2. The summed E-state index contributed by atoms with van der Waals surface area (Å²) < 4.78 is 6.77. The summed E-state index contributed by atoms with van der Waals surface area (Å²) in [6.45, 7) is 0.548. The van der Waals surface area contributed by atoms with Crippen LogP contribution in [0.25, 0.3) is 5.69 Å². The van der Waals surface area contributed by atoms with Gasteiger partial charge in [-0.3, -0.25) is 14.2 Å². The van der Waals surface area contributed by atoms with Crippen molar-refractivity contribution in [1.29, 1.82) is 0 Å². The Labute approximate surface area is 145 Å². The number of methoxy groups -OCH3 is 1. The van der Waals surface area contributed by atoms with Gasteiger partial charge >= 0.3 is 5.97 Å². The first-order chi connectivity index (χ1) is 11.6. The Morgan fingerprint density at radius 3 is 2.67 bits per heavy atom. The van der Waals surface area contributed by atoms with Crippen LogP contribution in [0.5, 0.6) is 0 Å². The fourth-order valence-electron chi connectivity index (χ4n) is 2.33. The molecule has 0 bridgehead atoms. The number of carbonyl (C=O) groups is 2. The van der Waals surface area contributed by atoms with Crippen LogP contribution in [0.3, 0.4) is 0 Å². The maximum absolute atomic E-state index is 12.4. The van der Waals surface area contributed by atoms with Crippen molar-refractivity contribution in [2.75, 3.05) is 13.7 Å². The molecule has 0 atom stereocenters. The van der Waals surface area contributed by atoms with E-state index < -0.39 is 0 Å². The van der Waals surface area contributed by atoms with Crippen LogP contribution >= 0.6 is 12.2 Å². The number of H-pyrrole nitrogens is 1. The van der Waals surface area contributed by atoms with E-state index in [0.717, 1.165) is 24.9 Å². The number of ether oxygens (including phenoxy) is 1. The number of para-hydroxylation sites is 1. The molecular formula is C17H21N3O3S. The third-order valence-electron chi connectivity index (χ3n) is 3.59. The summed E-state index contributed by atoms with van der Waals surface area (Å²) in [5.41, 5.74) is 1.31. The van der Waals surface area contributed by atoms with Crippen LogP contribution in [0.1, 0.15) is 36.2 Å². The van der Waals surface area contributed by atoms with Crippen LogP contribution in [0.2, 0.25) is 0 Å². The minimum Gasteiger partial charge on any atom is -0.469 e. The number of hydrogen-bond donors (Lipinski definition) is 2. The summed E-state index contributed by atoms with van der Waals surface area (Å²) >= 11 is 5.26. The molecule has 0 spiro atoms. The van der Waals surface area contributed by atoms with Gasteiger partial charge < -0.3 is 15.0 Å². The number of imidazole rings is 1. The highest BCUT2D eigenvalue weighted by atomic mass is 32.1. The molecule has 1 aromatic heterocycles. The van der Waals surface area contributed by atoms with Crippen molar-refractivity contribution < 1.29 is 14.3 Å². The van der Waals surface area contributed by atoms with Crippen molar-refractivity contribution in [1.82, 2.24) is 14.9 Å². The minimum absolute atomic E-state index is 0.181. The number of aromatic nitrogens is 2. The Morgan fingerprint density at radius 1 is 1.21 bits per heavy atom. The van der Waals surface area contributed by atoms with Crippen LogP contribution in [0.15, 0.2) is 36.5 Å². The maximum Gasteiger partial charge on any atom is 0.305 e. The van der Waals surface area contributed by atoms with Gasteiger partial charge in [-0.25, -0.2) is 0 Å². The lowest BCUT2D eigenvalue weighted by Crippen LogP contribution is -2.26. The molecule has 0 aliphatic carbocycles. The number of hydrogen-bond acceptors (Lipinski definition) is 4. The molecule has 1 amide bonds. The lowest BCUT2D eigenvalue weighted by atomic mass is 10.2. The van der Waals surface area contributed by atoms with E-state index in [-0.39, 0.29) is 11.9 Å². The second kappa shape index (κ2) is 9.02. The van der Waals surface area contributed by atoms with E-state index in [1.54, 1.807) is 10.8 Å². The highest BCUT2D eigenvalue weighted by Gasteiger charge is 2.13. The van der Waals surface area contributed by atoms with Crippen molar-refractivity contribution in [2.24, 2.45) is 0 Å². The van der Waals surface area contributed by atoms with Crippen molar-refractivity contribution in [3.8, 4) is 5.69 Å². The van der Waals surface area contributed by atoms with Gasteiger partial charge in [0.05, 0.1) is 7.11 Å². The first-order valence-electron chi connectivity index (χ1n) is 7.84. The second-order valence-electron chi connectivity index (χ2n) is 5.29. The Bertz CT molecular complexity index is 737. The number of aromatic amines is 1. The van der Waals surface area contributed by atoms with E-state index in [2.05, 4.69) is 15.0 Å². The first kappa shape index (κ1) is 17.9. The van der Waals surface area contributed by atoms with Gasteiger partial charge in [-0.15, -0.1) is 0 Å². The van der Waals surface area contributed by atoms with E-state index in [0.29, 0.717) is 23.4 Å². The third-order valence-corrected chi connectivity index (χ3v) is 3.89. The van der Waals surface area contributed by atoms with E-state index in [1.807, 2.05) is 30.3 Å². The summed E-state index contributed by atoms with van der Waals surface area (Å²) in [4.78, 5) is 26.3. The summed E-state index contributed by atoms with van der Waals surface area (Å²) in [5.74, 6) is -0.382. The quantitative estimate of drug-likeness (QED) is 0.437. The molecule has 0 radical (unpaired) electrons. The fourth-order valence-corrected chi connectivity index (χ4v) is 2.60. The van der Waals surface area contributed by atoms with Crippen LogP contribution < -0.4 is 5.32 Å². The van der Waals surface area contributed by atoms with Crippen molar-refractivity contribution in [3.05, 3.63) is 47.0 Å². The number of amides is 1. The molecule has 0 aliphatic heterocycles. The third kappa shape index (κ3) is 4.79. The van der Waals surface area contributed by atoms with E-state index >= 15 is 0 Å². The minimum atomic E-state index is -0.201. The number of carbonyl (C=O) groups excluding carboxylic acids is 2. The smallest absolute Gasteiger partial charge is 0.305 e. The van der Waals surface area contributed by atoms with Crippen LogP contribution in [0.4, 0.5) is 0 Å². The van der Waals surface area contributed by atoms with Gasteiger partial charge in [0.25, 0.3) is 5.91 Å². The highest BCUT2D eigenvalue weighted by molar-refractivity contribution is 7.71. The van der Waals surface area contributed by atoms with Gasteiger partial charge in [0, 0.05) is 24.8 Å². The number of benzene rings is 1. The Kier molecular flexibility index (Phi) is 6.74. The topological polar surface area (TPSA) is 76.1 Å². The Morgan fingerprint density at radius 2 is 1.96 bits per heavy atom. The predicted molar refractivity (Wildman–Crippen MR) is 93.8 cm³/mol. The van der Waals surface area contributed by atoms with Gasteiger partial charge in [0.15, 0.2) is 4.77 Å². The Balaban J connectivity index is 1.88. The zero-order valence-electron chi connectivity index (χ0n) is 13.6. The fraction of sp³-hybridized carbons (Fsp3) is 0.353. The number of esters is 1.